The summed E-state index contributed by atoms with van der Waals surface area (Å²) in [6.07, 6.45) is -1.73. The largest absolute Gasteiger partial charge is 0.406 e. The molecule has 128 valence electrons. The highest BCUT2D eigenvalue weighted by Gasteiger charge is 2.54. The van der Waals surface area contributed by atoms with Gasteiger partial charge in [-0.3, -0.25) is 0 Å². The predicted molar refractivity (Wildman–Crippen MR) is 83.5 cm³/mol. The summed E-state index contributed by atoms with van der Waals surface area (Å²) in [5.74, 6) is -1.05. The maximum Gasteiger partial charge on any atom is 0.406 e. The van der Waals surface area contributed by atoms with Crippen LogP contribution in [0.3, 0.4) is 0 Å². The zero-order valence-corrected chi connectivity index (χ0v) is 14.0. The summed E-state index contributed by atoms with van der Waals surface area (Å²) < 4.78 is 65.7. The first kappa shape index (κ1) is 18.0. The molecule has 3 nitrogen and oxygen atoms in total. The molecule has 1 aromatic rings. The van der Waals surface area contributed by atoms with Crippen molar-refractivity contribution in [3.63, 3.8) is 0 Å². The topological polar surface area (TPSA) is 37.4 Å². The Balaban J connectivity index is 2.56. The molecule has 0 saturated heterocycles. The third kappa shape index (κ3) is 3.45. The van der Waals surface area contributed by atoms with E-state index < -0.39 is 32.9 Å². The van der Waals surface area contributed by atoms with E-state index in [2.05, 4.69) is 0 Å². The first-order chi connectivity index (χ1) is 10.5. The van der Waals surface area contributed by atoms with Crippen LogP contribution in [-0.4, -0.2) is 36.2 Å². The van der Waals surface area contributed by atoms with Crippen molar-refractivity contribution in [3.05, 3.63) is 48.0 Å². The van der Waals surface area contributed by atoms with Crippen molar-refractivity contribution in [1.82, 2.24) is 4.31 Å². The lowest BCUT2D eigenvalue weighted by molar-refractivity contribution is -0.174. The van der Waals surface area contributed by atoms with Gasteiger partial charge < -0.3 is 0 Å². The highest BCUT2D eigenvalue weighted by molar-refractivity contribution is 7.90. The number of hydrogen-bond donors (Lipinski definition) is 0. The minimum Gasteiger partial charge on any atom is -0.212 e. The van der Waals surface area contributed by atoms with Crippen molar-refractivity contribution in [2.24, 2.45) is 0 Å². The molecule has 1 aliphatic heterocycles. The van der Waals surface area contributed by atoms with Gasteiger partial charge in [-0.2, -0.15) is 17.5 Å². The zero-order chi connectivity index (χ0) is 17.5. The lowest BCUT2D eigenvalue weighted by Gasteiger charge is -2.41. The molecule has 0 N–H and O–H groups in total. The van der Waals surface area contributed by atoms with Gasteiger partial charge in [0, 0.05) is 12.5 Å². The maximum atomic E-state index is 13.7. The van der Waals surface area contributed by atoms with Crippen LogP contribution in [0.5, 0.6) is 0 Å². The second kappa shape index (κ2) is 5.94. The van der Waals surface area contributed by atoms with Crippen LogP contribution >= 0.6 is 0 Å². The predicted octanol–water partition coefficient (Wildman–Crippen LogP) is 3.70. The van der Waals surface area contributed by atoms with Gasteiger partial charge in [0.05, 0.1) is 4.75 Å². The third-order valence-corrected chi connectivity index (χ3v) is 6.42. The van der Waals surface area contributed by atoms with E-state index in [0.717, 1.165) is 0 Å². The van der Waals surface area contributed by atoms with Gasteiger partial charge in [0.15, 0.2) is 0 Å². The second-order valence-corrected chi connectivity index (χ2v) is 9.18. The molecule has 0 unspecified atom stereocenters. The van der Waals surface area contributed by atoms with Crippen LogP contribution in [0.4, 0.5) is 13.2 Å². The summed E-state index contributed by atoms with van der Waals surface area (Å²) in [7, 11) is -4.11. The number of nitrogens with zero attached hydrogens (tertiary/aromatic N) is 1. The maximum absolute atomic E-state index is 13.7. The van der Waals surface area contributed by atoms with Gasteiger partial charge in [-0.25, -0.2) is 8.42 Å². The summed E-state index contributed by atoms with van der Waals surface area (Å²) in [6, 6.07) is 6.07. The van der Waals surface area contributed by atoms with Gasteiger partial charge in [-0.15, -0.1) is 0 Å². The van der Waals surface area contributed by atoms with Crippen molar-refractivity contribution >= 4 is 10.0 Å². The standard InChI is InChI=1S/C16H20F3NO2S/c1-15(2,3)23(21,22)20-11-7-10-13(14(20)16(17,18)19)12-8-5-4-6-9-12/h4-10,13-14H,11H2,1-3H3/t13-,14-/m0/s1. The van der Waals surface area contributed by atoms with Gasteiger partial charge in [-0.05, 0) is 26.3 Å². The normalized spacial score (nSPS) is 23.9. The molecule has 1 heterocycles. The van der Waals surface area contributed by atoms with Crippen LogP contribution < -0.4 is 0 Å². The van der Waals surface area contributed by atoms with E-state index in [1.165, 1.54) is 32.9 Å². The molecule has 0 aliphatic carbocycles. The monoisotopic (exact) mass is 347 g/mol. The Bertz CT molecular complexity index is 676. The number of halogens is 3. The van der Waals surface area contributed by atoms with Gasteiger partial charge in [0.2, 0.25) is 10.0 Å². The van der Waals surface area contributed by atoms with E-state index >= 15 is 0 Å². The molecule has 23 heavy (non-hydrogen) atoms. The number of benzene rings is 1. The van der Waals surface area contributed by atoms with Crippen molar-refractivity contribution in [2.45, 2.75) is 43.7 Å². The molecular formula is C16H20F3NO2S. The number of alkyl halides is 3. The molecule has 0 bridgehead atoms. The second-order valence-electron chi connectivity index (χ2n) is 6.54. The van der Waals surface area contributed by atoms with Crippen molar-refractivity contribution in [1.29, 1.82) is 0 Å². The fraction of sp³-hybridized carbons (Fsp3) is 0.500. The fourth-order valence-corrected chi connectivity index (χ4v) is 4.18. The summed E-state index contributed by atoms with van der Waals surface area (Å²) in [5, 5.41) is 0. The van der Waals surface area contributed by atoms with Crippen LogP contribution in [0.25, 0.3) is 0 Å². The first-order valence-electron chi connectivity index (χ1n) is 7.26. The quantitative estimate of drug-likeness (QED) is 0.765. The zero-order valence-electron chi connectivity index (χ0n) is 13.2. The Labute approximate surface area is 134 Å². The van der Waals surface area contributed by atoms with Gasteiger partial charge in [-0.1, -0.05) is 42.5 Å². The SMILES string of the molecule is CC(C)(C)S(=O)(=O)N1CC=C[C@@H](c2ccccc2)[C@H]1C(F)(F)F. The fourth-order valence-electron chi connectivity index (χ4n) is 2.64. The summed E-state index contributed by atoms with van der Waals surface area (Å²) >= 11 is 0. The molecule has 0 aromatic heterocycles. The van der Waals surface area contributed by atoms with Crippen LogP contribution in [0.2, 0.25) is 0 Å². The summed E-state index contributed by atoms with van der Waals surface area (Å²) in [5.41, 5.74) is 0.444. The number of hydrogen-bond acceptors (Lipinski definition) is 2. The number of rotatable bonds is 2. The van der Waals surface area contributed by atoms with Crippen LogP contribution in [-0.2, 0) is 10.0 Å². The van der Waals surface area contributed by atoms with Crippen molar-refractivity contribution < 1.29 is 21.6 Å². The lowest BCUT2D eigenvalue weighted by atomic mass is 9.88. The minimum absolute atomic E-state index is 0.271. The highest BCUT2D eigenvalue weighted by atomic mass is 32.2. The average molecular weight is 347 g/mol. The Hall–Kier alpha value is -1.34. The molecular weight excluding hydrogens is 327 g/mol. The Morgan fingerprint density at radius 1 is 1.09 bits per heavy atom. The van der Waals surface area contributed by atoms with E-state index in [9.17, 15) is 21.6 Å². The van der Waals surface area contributed by atoms with Crippen LogP contribution in [0.15, 0.2) is 42.5 Å². The molecule has 1 aliphatic rings. The molecule has 0 amide bonds. The molecule has 2 atom stereocenters. The van der Waals surface area contributed by atoms with Crippen molar-refractivity contribution in [3.8, 4) is 0 Å². The first-order valence-corrected chi connectivity index (χ1v) is 8.70. The molecule has 0 saturated carbocycles. The van der Waals surface area contributed by atoms with E-state index in [0.29, 0.717) is 9.87 Å². The van der Waals surface area contributed by atoms with Crippen molar-refractivity contribution in [2.75, 3.05) is 6.54 Å². The smallest absolute Gasteiger partial charge is 0.212 e. The van der Waals surface area contributed by atoms with E-state index in [4.69, 9.17) is 0 Å². The molecule has 0 radical (unpaired) electrons. The summed E-state index contributed by atoms with van der Waals surface area (Å²) in [4.78, 5) is 0. The molecule has 1 aromatic carbocycles. The van der Waals surface area contributed by atoms with Gasteiger partial charge in [0.25, 0.3) is 0 Å². The minimum atomic E-state index is -4.66. The Kier molecular flexibility index (Phi) is 4.65. The number of sulfonamides is 1. The molecule has 7 heteroatoms. The Morgan fingerprint density at radius 2 is 1.65 bits per heavy atom. The molecule has 0 spiro atoms. The van der Waals surface area contributed by atoms with E-state index in [-0.39, 0.29) is 6.54 Å². The summed E-state index contributed by atoms with van der Waals surface area (Å²) in [6.45, 7) is 3.95. The van der Waals surface area contributed by atoms with Crippen LogP contribution in [0, 0.1) is 0 Å². The molecule has 0 fully saturated rings. The van der Waals surface area contributed by atoms with E-state index in [1.807, 2.05) is 0 Å². The van der Waals surface area contributed by atoms with Crippen LogP contribution in [0.1, 0.15) is 32.3 Å². The van der Waals surface area contributed by atoms with Gasteiger partial charge >= 0.3 is 6.18 Å². The van der Waals surface area contributed by atoms with E-state index in [1.54, 1.807) is 30.3 Å². The lowest BCUT2D eigenvalue weighted by Crippen LogP contribution is -2.57. The average Bonchev–Trinajstić information content (AvgIpc) is 2.45. The van der Waals surface area contributed by atoms with Gasteiger partial charge in [0.1, 0.15) is 6.04 Å². The Morgan fingerprint density at radius 3 is 2.13 bits per heavy atom. The third-order valence-electron chi connectivity index (χ3n) is 3.88. The highest BCUT2D eigenvalue weighted by Crippen LogP contribution is 2.41. The molecule has 2 rings (SSSR count).